The van der Waals surface area contributed by atoms with Crippen molar-refractivity contribution in [3.63, 3.8) is 0 Å². The fourth-order valence-electron chi connectivity index (χ4n) is 1.05. The number of hydrogen-bond acceptors (Lipinski definition) is 3. The first-order valence-electron chi connectivity index (χ1n) is 5.84. The van der Waals surface area contributed by atoms with Gasteiger partial charge in [0.1, 0.15) is 5.75 Å². The molecule has 76 valence electrons. The normalized spacial score (nSPS) is 13.6. The van der Waals surface area contributed by atoms with Gasteiger partial charge in [0.05, 0.1) is 24.2 Å². The van der Waals surface area contributed by atoms with Gasteiger partial charge in [-0.1, -0.05) is 12.1 Å². The molecule has 0 unspecified atom stereocenters. The number of carbonyl (C=O) groups excluding carboxylic acids is 1. The lowest BCUT2D eigenvalue weighted by atomic mass is 10.1. The van der Waals surface area contributed by atoms with Crippen LogP contribution >= 0.6 is 0 Å². The van der Waals surface area contributed by atoms with Crippen LogP contribution in [0.25, 0.3) is 0 Å². The van der Waals surface area contributed by atoms with E-state index < -0.39 is 7.04 Å². The summed E-state index contributed by atoms with van der Waals surface area (Å²) in [5, 5.41) is 0. The van der Waals surface area contributed by atoms with Crippen LogP contribution in [0.1, 0.15) is 16.6 Å². The minimum atomic E-state index is -2.46. The zero-order chi connectivity index (χ0) is 12.9. The van der Waals surface area contributed by atoms with Crippen molar-refractivity contribution in [2.75, 3.05) is 13.6 Å². The predicted octanol–water partition coefficient (Wildman–Crippen LogP) is 1.80. The molecule has 0 saturated heterocycles. The van der Waals surface area contributed by atoms with Crippen LogP contribution in [-0.4, -0.2) is 19.6 Å². The van der Waals surface area contributed by atoms with Crippen LogP contribution in [0.15, 0.2) is 24.3 Å². The molecule has 0 fully saturated rings. The first-order valence-corrected chi connectivity index (χ1v) is 4.34. The molecule has 3 heteroatoms. The molecule has 0 aliphatic carbocycles. The van der Waals surface area contributed by atoms with E-state index in [9.17, 15) is 4.79 Å². The Morgan fingerprint density at radius 3 is 2.71 bits per heavy atom. The molecule has 0 aliphatic heterocycles. The van der Waals surface area contributed by atoms with E-state index in [0.29, 0.717) is 6.61 Å². The van der Waals surface area contributed by atoms with Crippen molar-refractivity contribution < 1.29 is 18.4 Å². The molecule has 1 aromatic carbocycles. The fourth-order valence-corrected chi connectivity index (χ4v) is 1.05. The Labute approximate surface area is 87.9 Å². The van der Waals surface area contributed by atoms with E-state index in [1.54, 1.807) is 19.1 Å². The van der Waals surface area contributed by atoms with Crippen molar-refractivity contribution in [3.8, 4) is 5.75 Å². The van der Waals surface area contributed by atoms with Crippen molar-refractivity contribution in [1.82, 2.24) is 0 Å². The summed E-state index contributed by atoms with van der Waals surface area (Å²) in [4.78, 5) is 11.2. The molecule has 0 heterocycles. The number of ether oxygens (including phenoxy) is 2. The number of rotatable bonds is 4. The Bertz CT molecular complexity index is 371. The molecule has 1 rings (SSSR count). The number of benzene rings is 1. The Morgan fingerprint density at radius 2 is 2.14 bits per heavy atom. The smallest absolute Gasteiger partial charge is 0.310 e. The van der Waals surface area contributed by atoms with Crippen molar-refractivity contribution in [1.29, 1.82) is 0 Å². The standard InChI is InChI=1S/C11H14O3/c1-3-14-11(12)8-9-4-6-10(13-2)7-5-9/h4-7H,3,8H2,1-2H3/i2D3. The Morgan fingerprint density at radius 1 is 1.43 bits per heavy atom. The van der Waals surface area contributed by atoms with Crippen molar-refractivity contribution in [2.24, 2.45) is 0 Å². The third-order valence-corrected chi connectivity index (χ3v) is 1.69. The highest BCUT2D eigenvalue weighted by Gasteiger charge is 2.03. The van der Waals surface area contributed by atoms with Crippen LogP contribution in [0, 0.1) is 0 Å². The molecule has 0 spiro atoms. The lowest BCUT2D eigenvalue weighted by molar-refractivity contribution is -0.142. The van der Waals surface area contributed by atoms with Crippen molar-refractivity contribution in [3.05, 3.63) is 29.8 Å². The first kappa shape index (κ1) is 6.87. The van der Waals surface area contributed by atoms with Gasteiger partial charge in [0.25, 0.3) is 0 Å². The predicted molar refractivity (Wildman–Crippen MR) is 53.3 cm³/mol. The molecule has 14 heavy (non-hydrogen) atoms. The van der Waals surface area contributed by atoms with E-state index in [1.807, 2.05) is 0 Å². The largest absolute Gasteiger partial charge is 0.497 e. The van der Waals surface area contributed by atoms with Crippen molar-refractivity contribution >= 4 is 5.97 Å². The topological polar surface area (TPSA) is 35.5 Å². The van der Waals surface area contributed by atoms with Gasteiger partial charge in [-0.2, -0.15) is 0 Å². The van der Waals surface area contributed by atoms with Gasteiger partial charge < -0.3 is 9.47 Å². The minimum Gasteiger partial charge on any atom is -0.497 e. The summed E-state index contributed by atoms with van der Waals surface area (Å²) in [5.74, 6) is -0.0606. The van der Waals surface area contributed by atoms with Crippen LogP contribution in [0.3, 0.4) is 0 Å². The molecule has 0 saturated carbocycles. The van der Waals surface area contributed by atoms with Gasteiger partial charge in [0.15, 0.2) is 0 Å². The van der Waals surface area contributed by atoms with Crippen LogP contribution in [0.5, 0.6) is 5.75 Å². The maximum absolute atomic E-state index is 11.2. The molecule has 0 aromatic heterocycles. The third kappa shape index (κ3) is 3.09. The van der Waals surface area contributed by atoms with E-state index in [-0.39, 0.29) is 18.1 Å². The second-order valence-electron chi connectivity index (χ2n) is 2.73. The molecule has 0 bridgehead atoms. The van der Waals surface area contributed by atoms with Gasteiger partial charge in [0, 0.05) is 0 Å². The zero-order valence-electron chi connectivity index (χ0n) is 10.9. The van der Waals surface area contributed by atoms with Crippen molar-refractivity contribution in [2.45, 2.75) is 13.3 Å². The van der Waals surface area contributed by atoms with E-state index >= 15 is 0 Å². The summed E-state index contributed by atoms with van der Waals surface area (Å²) in [7, 11) is -2.46. The highest BCUT2D eigenvalue weighted by Crippen LogP contribution is 2.11. The average molecular weight is 197 g/mol. The van der Waals surface area contributed by atoms with Gasteiger partial charge in [-0.25, -0.2) is 0 Å². The van der Waals surface area contributed by atoms with Gasteiger partial charge >= 0.3 is 5.97 Å². The summed E-state index contributed by atoms with van der Waals surface area (Å²) < 4.78 is 30.3. The molecule has 0 atom stereocenters. The zero-order valence-corrected chi connectivity index (χ0v) is 7.95. The molecule has 1 aromatic rings. The number of hydrogen-bond donors (Lipinski definition) is 0. The van der Waals surface area contributed by atoms with Crippen LogP contribution < -0.4 is 4.74 Å². The molecule has 0 aliphatic rings. The molecule has 0 radical (unpaired) electrons. The van der Waals surface area contributed by atoms with Crippen LogP contribution in [-0.2, 0) is 16.0 Å². The lowest BCUT2D eigenvalue weighted by Gasteiger charge is -2.03. The fraction of sp³-hybridized carbons (Fsp3) is 0.364. The summed E-state index contributed by atoms with van der Waals surface area (Å²) >= 11 is 0. The summed E-state index contributed by atoms with van der Waals surface area (Å²) in [5.41, 5.74) is 0.751. The monoisotopic (exact) mass is 197 g/mol. The summed E-state index contributed by atoms with van der Waals surface area (Å²) in [6, 6.07) is 6.30. The van der Waals surface area contributed by atoms with E-state index in [0.717, 1.165) is 5.56 Å². The van der Waals surface area contributed by atoms with Gasteiger partial charge in [-0.3, -0.25) is 4.79 Å². The Balaban J connectivity index is 2.59. The van der Waals surface area contributed by atoms with Crippen LogP contribution in [0.4, 0.5) is 0 Å². The van der Waals surface area contributed by atoms with E-state index in [1.165, 1.54) is 12.1 Å². The first-order chi connectivity index (χ1) is 7.90. The van der Waals surface area contributed by atoms with Gasteiger partial charge in [0.2, 0.25) is 0 Å². The number of methoxy groups -OCH3 is 1. The Hall–Kier alpha value is -1.51. The molecule has 0 amide bonds. The maximum atomic E-state index is 11.2. The quantitative estimate of drug-likeness (QED) is 0.690. The van der Waals surface area contributed by atoms with E-state index in [2.05, 4.69) is 0 Å². The Kier molecular flexibility index (Phi) is 2.59. The van der Waals surface area contributed by atoms with E-state index in [4.69, 9.17) is 13.6 Å². The maximum Gasteiger partial charge on any atom is 0.310 e. The molecular weight excluding hydrogens is 180 g/mol. The van der Waals surface area contributed by atoms with Gasteiger partial charge in [-0.15, -0.1) is 0 Å². The summed E-state index contributed by atoms with van der Waals surface area (Å²) in [6.45, 7) is 2.09. The summed E-state index contributed by atoms with van der Waals surface area (Å²) in [6.07, 6.45) is 0.169. The average Bonchev–Trinajstić information content (AvgIpc) is 2.19. The highest BCUT2D eigenvalue weighted by molar-refractivity contribution is 5.72. The second kappa shape index (κ2) is 5.27. The SMILES string of the molecule is [2H]C([2H])([2H])Oc1ccc(CC(=O)OCC)cc1. The number of esters is 1. The molecule has 0 N–H and O–H groups in total. The lowest BCUT2D eigenvalue weighted by Crippen LogP contribution is -2.07. The molecule has 3 nitrogen and oxygen atoms in total. The minimum absolute atomic E-state index is 0.169. The van der Waals surface area contributed by atoms with Gasteiger partial charge in [-0.05, 0) is 24.6 Å². The number of carbonyl (C=O) groups is 1. The van der Waals surface area contributed by atoms with Crippen LogP contribution in [0.2, 0.25) is 0 Å². The highest BCUT2D eigenvalue weighted by atomic mass is 16.5. The second-order valence-corrected chi connectivity index (χ2v) is 2.73. The third-order valence-electron chi connectivity index (χ3n) is 1.69. The molecular formula is C11H14O3.